The summed E-state index contributed by atoms with van der Waals surface area (Å²) in [5, 5.41) is 0.634. The summed E-state index contributed by atoms with van der Waals surface area (Å²) < 4.78 is 0. The van der Waals surface area contributed by atoms with Crippen LogP contribution in [0, 0.1) is 0 Å². The Labute approximate surface area is 99.4 Å². The van der Waals surface area contributed by atoms with Gasteiger partial charge in [0.1, 0.15) is 0 Å². The van der Waals surface area contributed by atoms with Crippen molar-refractivity contribution in [1.29, 1.82) is 0 Å². The van der Waals surface area contributed by atoms with E-state index in [1.807, 2.05) is 42.5 Å². The maximum Gasteiger partial charge on any atom is 0.0595 e. The Bertz CT molecular complexity index is 473. The van der Waals surface area contributed by atoms with Crippen LogP contribution in [0.2, 0.25) is 5.02 Å². The van der Waals surface area contributed by atoms with Gasteiger partial charge in [0.25, 0.3) is 0 Å². The topological polar surface area (TPSA) is 38.9 Å². The smallest absolute Gasteiger partial charge is 0.0595 e. The molecule has 0 spiro atoms. The number of nitrogens with two attached hydrogens (primary N) is 1. The van der Waals surface area contributed by atoms with Crippen LogP contribution >= 0.6 is 11.6 Å². The quantitative estimate of drug-likeness (QED) is 0.803. The number of nitrogens with zero attached hydrogens (tertiary/aromatic N) is 1. The average Bonchev–Trinajstić information content (AvgIpc) is 2.27. The van der Waals surface area contributed by atoms with Gasteiger partial charge < -0.3 is 5.73 Å². The molecule has 80 valence electrons. The lowest BCUT2D eigenvalue weighted by atomic mass is 10.1. The molecule has 0 fully saturated rings. The van der Waals surface area contributed by atoms with Crippen LogP contribution in [0.4, 0.5) is 5.69 Å². The molecule has 0 unspecified atom stereocenters. The van der Waals surface area contributed by atoms with Crippen molar-refractivity contribution >= 4 is 29.4 Å². The molecular formula is C13H11ClN2. The number of anilines is 1. The maximum absolute atomic E-state index is 5.84. The second-order valence-corrected chi connectivity index (χ2v) is 3.88. The molecule has 2 nitrogen and oxygen atoms in total. The van der Waals surface area contributed by atoms with Gasteiger partial charge in [0.15, 0.2) is 0 Å². The second-order valence-electron chi connectivity index (χ2n) is 3.44. The molecule has 0 saturated carbocycles. The number of rotatable bonds is 2. The Hall–Kier alpha value is -1.80. The van der Waals surface area contributed by atoms with E-state index in [2.05, 4.69) is 4.98 Å². The number of pyridine rings is 1. The van der Waals surface area contributed by atoms with Crippen molar-refractivity contribution in [1.82, 2.24) is 4.98 Å². The molecule has 2 N–H and O–H groups in total. The van der Waals surface area contributed by atoms with Gasteiger partial charge in [-0.3, -0.25) is 4.98 Å². The zero-order chi connectivity index (χ0) is 11.4. The molecule has 0 aliphatic carbocycles. The second kappa shape index (κ2) is 4.81. The lowest BCUT2D eigenvalue weighted by molar-refractivity contribution is 1.32. The molecule has 2 aromatic rings. The fraction of sp³-hybridized carbons (Fsp3) is 0. The number of hydrogen-bond acceptors (Lipinski definition) is 2. The van der Waals surface area contributed by atoms with Crippen molar-refractivity contribution in [3.63, 3.8) is 0 Å². The lowest BCUT2D eigenvalue weighted by Gasteiger charge is -1.96. The minimum absolute atomic E-state index is 0.634. The first-order chi connectivity index (χ1) is 7.74. The zero-order valence-corrected chi connectivity index (χ0v) is 9.35. The van der Waals surface area contributed by atoms with Crippen molar-refractivity contribution in [2.45, 2.75) is 0 Å². The van der Waals surface area contributed by atoms with Gasteiger partial charge in [0, 0.05) is 18.1 Å². The summed E-state index contributed by atoms with van der Waals surface area (Å²) in [7, 11) is 0. The van der Waals surface area contributed by atoms with Gasteiger partial charge in [-0.1, -0.05) is 35.9 Å². The van der Waals surface area contributed by atoms with Crippen molar-refractivity contribution in [2.75, 3.05) is 5.73 Å². The third-order valence-corrected chi connectivity index (χ3v) is 2.31. The van der Waals surface area contributed by atoms with E-state index in [-0.39, 0.29) is 0 Å². The average molecular weight is 231 g/mol. The first-order valence-electron chi connectivity index (χ1n) is 4.88. The Morgan fingerprint density at radius 3 is 2.62 bits per heavy atom. The van der Waals surface area contributed by atoms with Crippen molar-refractivity contribution < 1.29 is 0 Å². The SMILES string of the molecule is Nc1cccc(C=Cc2cncc(Cl)c2)c1. The molecule has 0 atom stereocenters. The summed E-state index contributed by atoms with van der Waals surface area (Å²) in [6.45, 7) is 0. The highest BCUT2D eigenvalue weighted by atomic mass is 35.5. The Kier molecular flexibility index (Phi) is 3.22. The summed E-state index contributed by atoms with van der Waals surface area (Å²) in [6, 6.07) is 9.54. The summed E-state index contributed by atoms with van der Waals surface area (Å²) in [5.41, 5.74) is 8.46. The molecule has 1 aromatic heterocycles. The molecule has 0 amide bonds. The molecule has 2 rings (SSSR count). The number of nitrogen functional groups attached to an aromatic ring is 1. The van der Waals surface area contributed by atoms with Gasteiger partial charge in [-0.15, -0.1) is 0 Å². The first kappa shape index (κ1) is 10.7. The first-order valence-corrected chi connectivity index (χ1v) is 5.26. The molecule has 0 aliphatic heterocycles. The van der Waals surface area contributed by atoms with E-state index in [0.717, 1.165) is 16.8 Å². The van der Waals surface area contributed by atoms with Crippen molar-refractivity contribution in [3.05, 3.63) is 58.9 Å². The molecule has 0 radical (unpaired) electrons. The number of halogens is 1. The highest BCUT2D eigenvalue weighted by Gasteiger charge is 1.91. The van der Waals surface area contributed by atoms with Gasteiger partial charge in [-0.05, 0) is 29.3 Å². The van der Waals surface area contributed by atoms with Crippen LogP contribution in [0.3, 0.4) is 0 Å². The van der Waals surface area contributed by atoms with Crippen LogP contribution in [-0.2, 0) is 0 Å². The van der Waals surface area contributed by atoms with E-state index in [1.54, 1.807) is 12.4 Å². The summed E-state index contributed by atoms with van der Waals surface area (Å²) in [4.78, 5) is 4.01. The molecule has 16 heavy (non-hydrogen) atoms. The Balaban J connectivity index is 2.21. The Morgan fingerprint density at radius 1 is 1.06 bits per heavy atom. The van der Waals surface area contributed by atoms with Gasteiger partial charge in [-0.25, -0.2) is 0 Å². The summed E-state index contributed by atoms with van der Waals surface area (Å²) in [5.74, 6) is 0. The Morgan fingerprint density at radius 2 is 1.88 bits per heavy atom. The third kappa shape index (κ3) is 2.84. The van der Waals surface area contributed by atoms with Crippen LogP contribution in [0.5, 0.6) is 0 Å². The van der Waals surface area contributed by atoms with Crippen LogP contribution < -0.4 is 5.73 Å². The molecule has 3 heteroatoms. The highest BCUT2D eigenvalue weighted by Crippen LogP contribution is 2.13. The monoisotopic (exact) mass is 230 g/mol. The summed E-state index contributed by atoms with van der Waals surface area (Å²) in [6.07, 6.45) is 7.30. The van der Waals surface area contributed by atoms with E-state index < -0.39 is 0 Å². The van der Waals surface area contributed by atoms with Crippen molar-refractivity contribution in [2.24, 2.45) is 0 Å². The molecule has 0 bridgehead atoms. The third-order valence-electron chi connectivity index (χ3n) is 2.10. The van der Waals surface area contributed by atoms with Crippen LogP contribution in [0.15, 0.2) is 42.7 Å². The fourth-order valence-electron chi connectivity index (χ4n) is 1.37. The largest absolute Gasteiger partial charge is 0.399 e. The van der Waals surface area contributed by atoms with Crippen LogP contribution in [0.25, 0.3) is 12.2 Å². The van der Waals surface area contributed by atoms with Crippen LogP contribution in [0.1, 0.15) is 11.1 Å². The molecule has 0 aliphatic rings. The predicted octanol–water partition coefficient (Wildman–Crippen LogP) is 3.49. The fourth-order valence-corrected chi connectivity index (χ4v) is 1.56. The predicted molar refractivity (Wildman–Crippen MR) is 69.0 cm³/mol. The van der Waals surface area contributed by atoms with Gasteiger partial charge >= 0.3 is 0 Å². The minimum atomic E-state index is 0.634. The highest BCUT2D eigenvalue weighted by molar-refractivity contribution is 6.30. The van der Waals surface area contributed by atoms with E-state index in [0.29, 0.717) is 5.02 Å². The van der Waals surface area contributed by atoms with Gasteiger partial charge in [0.05, 0.1) is 5.02 Å². The van der Waals surface area contributed by atoms with Crippen molar-refractivity contribution in [3.8, 4) is 0 Å². The van der Waals surface area contributed by atoms with E-state index in [4.69, 9.17) is 17.3 Å². The van der Waals surface area contributed by atoms with E-state index >= 15 is 0 Å². The minimum Gasteiger partial charge on any atom is -0.399 e. The molecule has 1 heterocycles. The van der Waals surface area contributed by atoms with Gasteiger partial charge in [0.2, 0.25) is 0 Å². The van der Waals surface area contributed by atoms with E-state index in [9.17, 15) is 0 Å². The number of benzene rings is 1. The standard InChI is InChI=1S/C13H11ClN2/c14-12-6-11(8-16-9-12)5-4-10-2-1-3-13(15)7-10/h1-9H,15H2. The maximum atomic E-state index is 5.84. The molecular weight excluding hydrogens is 220 g/mol. The zero-order valence-electron chi connectivity index (χ0n) is 8.60. The van der Waals surface area contributed by atoms with Gasteiger partial charge in [-0.2, -0.15) is 0 Å². The lowest BCUT2D eigenvalue weighted by Crippen LogP contribution is -1.83. The van der Waals surface area contributed by atoms with Crippen LogP contribution in [-0.4, -0.2) is 4.98 Å². The number of aromatic nitrogens is 1. The number of hydrogen-bond donors (Lipinski definition) is 1. The summed E-state index contributed by atoms with van der Waals surface area (Å²) >= 11 is 5.84. The van der Waals surface area contributed by atoms with E-state index in [1.165, 1.54) is 0 Å². The normalized spacial score (nSPS) is 10.8. The molecule has 1 aromatic carbocycles. The molecule has 0 saturated heterocycles.